The Morgan fingerprint density at radius 1 is 1.32 bits per heavy atom. The van der Waals surface area contributed by atoms with Gasteiger partial charge in [-0.25, -0.2) is 0 Å². The predicted octanol–water partition coefficient (Wildman–Crippen LogP) is 5.39. The second-order valence-corrected chi connectivity index (χ2v) is 7.77. The minimum atomic E-state index is 0.515. The molecule has 1 aliphatic carbocycles. The van der Waals surface area contributed by atoms with E-state index in [1.807, 2.05) is 11.3 Å². The van der Waals surface area contributed by atoms with Crippen molar-refractivity contribution in [2.45, 2.75) is 71.9 Å². The summed E-state index contributed by atoms with van der Waals surface area (Å²) in [6, 6.07) is 5.63. The number of nitrogens with one attached hydrogen (secondary N) is 1. The zero-order valence-corrected chi connectivity index (χ0v) is 13.7. The van der Waals surface area contributed by atoms with Crippen LogP contribution >= 0.6 is 11.3 Å². The van der Waals surface area contributed by atoms with Crippen molar-refractivity contribution < 1.29 is 0 Å². The summed E-state index contributed by atoms with van der Waals surface area (Å²) in [5, 5.41) is 6.00. The van der Waals surface area contributed by atoms with Crippen LogP contribution < -0.4 is 5.32 Å². The van der Waals surface area contributed by atoms with Crippen molar-refractivity contribution in [3.8, 4) is 0 Å². The molecule has 1 unspecified atom stereocenters. The molecule has 0 bridgehead atoms. The summed E-state index contributed by atoms with van der Waals surface area (Å²) in [6.45, 7) is 9.52. The lowest BCUT2D eigenvalue weighted by molar-refractivity contribution is 0.134. The van der Waals surface area contributed by atoms with Gasteiger partial charge in [-0.3, -0.25) is 0 Å². The second-order valence-electron chi connectivity index (χ2n) is 6.79. The van der Waals surface area contributed by atoms with Gasteiger partial charge in [0.05, 0.1) is 0 Å². The van der Waals surface area contributed by atoms with Crippen molar-refractivity contribution in [1.82, 2.24) is 5.32 Å². The third kappa shape index (κ3) is 3.82. The van der Waals surface area contributed by atoms with Crippen LogP contribution in [0.1, 0.15) is 70.7 Å². The fourth-order valence-electron chi connectivity index (χ4n) is 3.30. The first-order valence-corrected chi connectivity index (χ1v) is 8.70. The summed E-state index contributed by atoms with van der Waals surface area (Å²) in [4.78, 5) is 1.47. The second kappa shape index (κ2) is 6.41. The molecule has 1 aliphatic rings. The summed E-state index contributed by atoms with van der Waals surface area (Å²) >= 11 is 1.87. The molecule has 1 heterocycles. The van der Waals surface area contributed by atoms with E-state index < -0.39 is 0 Å². The lowest BCUT2D eigenvalue weighted by atomic mass is 9.69. The maximum absolute atomic E-state index is 3.82. The van der Waals surface area contributed by atoms with Gasteiger partial charge >= 0.3 is 0 Å². The van der Waals surface area contributed by atoms with Crippen LogP contribution in [-0.4, -0.2) is 6.04 Å². The first kappa shape index (κ1) is 15.1. The van der Waals surface area contributed by atoms with E-state index in [0.29, 0.717) is 11.5 Å². The third-order valence-corrected chi connectivity index (χ3v) is 6.25. The van der Waals surface area contributed by atoms with Gasteiger partial charge in [0.25, 0.3) is 0 Å². The van der Waals surface area contributed by atoms with E-state index in [0.717, 1.165) is 12.0 Å². The van der Waals surface area contributed by atoms with Crippen LogP contribution in [-0.2, 0) is 0 Å². The third-order valence-electron chi connectivity index (χ3n) is 5.20. The molecule has 1 aromatic rings. The molecule has 1 N–H and O–H groups in total. The zero-order valence-electron chi connectivity index (χ0n) is 12.9. The van der Waals surface area contributed by atoms with Crippen LogP contribution in [0.4, 0.5) is 0 Å². The average Bonchev–Trinajstić information content (AvgIpc) is 2.93. The molecule has 2 heteroatoms. The maximum Gasteiger partial charge on any atom is 0.0388 e. The average molecular weight is 279 g/mol. The number of hydrogen-bond acceptors (Lipinski definition) is 2. The summed E-state index contributed by atoms with van der Waals surface area (Å²) < 4.78 is 0. The minimum Gasteiger partial charge on any atom is -0.307 e. The monoisotopic (exact) mass is 279 g/mol. The lowest BCUT2D eigenvalue weighted by Crippen LogP contribution is -2.37. The van der Waals surface area contributed by atoms with Gasteiger partial charge in [0.15, 0.2) is 0 Å². The number of rotatable bonds is 5. The van der Waals surface area contributed by atoms with E-state index in [1.54, 1.807) is 0 Å². The highest BCUT2D eigenvalue weighted by Crippen LogP contribution is 2.40. The molecule has 1 saturated carbocycles. The Morgan fingerprint density at radius 3 is 2.53 bits per heavy atom. The van der Waals surface area contributed by atoms with Crippen molar-refractivity contribution in [1.29, 1.82) is 0 Å². The largest absolute Gasteiger partial charge is 0.307 e. The smallest absolute Gasteiger partial charge is 0.0388 e. The molecule has 1 aromatic heterocycles. The van der Waals surface area contributed by atoms with E-state index in [9.17, 15) is 0 Å². The van der Waals surface area contributed by atoms with Crippen molar-refractivity contribution in [2.24, 2.45) is 11.3 Å². The SMILES string of the molecule is CCC(C)(C)C1CCC(NC(C)c2cccs2)CC1. The van der Waals surface area contributed by atoms with E-state index in [2.05, 4.69) is 50.5 Å². The molecule has 19 heavy (non-hydrogen) atoms. The van der Waals surface area contributed by atoms with Gasteiger partial charge in [-0.2, -0.15) is 0 Å². The van der Waals surface area contributed by atoms with Crippen molar-refractivity contribution in [3.63, 3.8) is 0 Å². The Bertz CT molecular complexity index is 361. The van der Waals surface area contributed by atoms with Crippen LogP contribution in [0.2, 0.25) is 0 Å². The quantitative estimate of drug-likeness (QED) is 0.761. The summed E-state index contributed by atoms with van der Waals surface area (Å²) in [5.74, 6) is 0.924. The van der Waals surface area contributed by atoms with Crippen LogP contribution in [0.3, 0.4) is 0 Å². The molecule has 1 nitrogen and oxygen atoms in total. The first-order chi connectivity index (χ1) is 9.03. The zero-order chi connectivity index (χ0) is 13.9. The highest BCUT2D eigenvalue weighted by Gasteiger charge is 2.32. The molecule has 1 fully saturated rings. The molecule has 0 aliphatic heterocycles. The molecule has 0 amide bonds. The standard InChI is InChI=1S/C17H29NS/c1-5-17(3,4)14-8-10-15(11-9-14)18-13(2)16-7-6-12-19-16/h6-7,12-15,18H,5,8-11H2,1-4H3. The van der Waals surface area contributed by atoms with Gasteiger partial charge < -0.3 is 5.32 Å². The van der Waals surface area contributed by atoms with Gasteiger partial charge in [0.2, 0.25) is 0 Å². The van der Waals surface area contributed by atoms with E-state index in [4.69, 9.17) is 0 Å². The van der Waals surface area contributed by atoms with E-state index in [1.165, 1.54) is 37.0 Å². The van der Waals surface area contributed by atoms with E-state index >= 15 is 0 Å². The molecule has 1 atom stereocenters. The first-order valence-electron chi connectivity index (χ1n) is 7.82. The normalized spacial score (nSPS) is 26.3. The fraction of sp³-hybridized carbons (Fsp3) is 0.765. The number of thiophene rings is 1. The minimum absolute atomic E-state index is 0.515. The Hall–Kier alpha value is -0.340. The van der Waals surface area contributed by atoms with Crippen LogP contribution in [0.25, 0.3) is 0 Å². The molecular formula is C17H29NS. The van der Waals surface area contributed by atoms with Gasteiger partial charge in [-0.05, 0) is 55.4 Å². The Labute approximate surface area is 122 Å². The molecule has 2 rings (SSSR count). The molecule has 0 radical (unpaired) electrons. The lowest BCUT2D eigenvalue weighted by Gasteiger charge is -2.39. The molecule has 108 valence electrons. The fourth-order valence-corrected chi connectivity index (χ4v) is 4.05. The number of hydrogen-bond donors (Lipinski definition) is 1. The maximum atomic E-state index is 3.82. The summed E-state index contributed by atoms with van der Waals surface area (Å²) in [6.07, 6.45) is 6.81. The van der Waals surface area contributed by atoms with Crippen molar-refractivity contribution >= 4 is 11.3 Å². The summed E-state index contributed by atoms with van der Waals surface area (Å²) in [7, 11) is 0. The Balaban J connectivity index is 1.81. The molecule has 0 aromatic carbocycles. The van der Waals surface area contributed by atoms with Crippen molar-refractivity contribution in [3.05, 3.63) is 22.4 Å². The van der Waals surface area contributed by atoms with Gasteiger partial charge in [-0.15, -0.1) is 11.3 Å². The van der Waals surface area contributed by atoms with Crippen LogP contribution in [0, 0.1) is 11.3 Å². The predicted molar refractivity (Wildman–Crippen MR) is 85.7 cm³/mol. The Kier molecular flexibility index (Phi) is 5.08. The van der Waals surface area contributed by atoms with Gasteiger partial charge in [0.1, 0.15) is 0 Å². The summed E-state index contributed by atoms with van der Waals surface area (Å²) in [5.41, 5.74) is 0.532. The Morgan fingerprint density at radius 2 is 2.00 bits per heavy atom. The topological polar surface area (TPSA) is 12.0 Å². The molecule has 0 spiro atoms. The van der Waals surface area contributed by atoms with Crippen LogP contribution in [0.15, 0.2) is 17.5 Å². The molecular weight excluding hydrogens is 250 g/mol. The van der Waals surface area contributed by atoms with Gasteiger partial charge in [-0.1, -0.05) is 33.3 Å². The van der Waals surface area contributed by atoms with Gasteiger partial charge in [0, 0.05) is 17.0 Å². The van der Waals surface area contributed by atoms with Crippen LogP contribution in [0.5, 0.6) is 0 Å². The highest BCUT2D eigenvalue weighted by atomic mass is 32.1. The van der Waals surface area contributed by atoms with Crippen molar-refractivity contribution in [2.75, 3.05) is 0 Å². The molecule has 0 saturated heterocycles. The van der Waals surface area contributed by atoms with E-state index in [-0.39, 0.29) is 0 Å². The highest BCUT2D eigenvalue weighted by molar-refractivity contribution is 7.10.